The molecular formula is C20H18BrN3O4. The Hall–Kier alpha value is -2.71. The van der Waals surface area contributed by atoms with E-state index in [2.05, 4.69) is 26.2 Å². The molecule has 0 radical (unpaired) electrons. The first kappa shape index (κ1) is 18.6. The van der Waals surface area contributed by atoms with Crippen molar-refractivity contribution in [1.29, 1.82) is 0 Å². The van der Waals surface area contributed by atoms with Crippen LogP contribution in [0.4, 0.5) is 5.69 Å². The topological polar surface area (TPSA) is 97.3 Å². The molecule has 1 saturated heterocycles. The second kappa shape index (κ2) is 7.37. The molecule has 0 unspecified atom stereocenters. The Labute approximate surface area is 169 Å². The summed E-state index contributed by atoms with van der Waals surface area (Å²) in [6.45, 7) is 1.12. The predicted molar refractivity (Wildman–Crippen MR) is 108 cm³/mol. The predicted octanol–water partition coefficient (Wildman–Crippen LogP) is 4.27. The van der Waals surface area contributed by atoms with E-state index in [0.717, 1.165) is 10.0 Å². The number of nitrogens with zero attached hydrogens (tertiary/aromatic N) is 1. The van der Waals surface area contributed by atoms with Crippen LogP contribution in [0, 0.1) is 10.1 Å². The number of fused-ring (bicyclic) bond motifs is 1. The van der Waals surface area contributed by atoms with Crippen LogP contribution in [0.2, 0.25) is 0 Å². The zero-order valence-corrected chi connectivity index (χ0v) is 16.5. The number of hydrogen-bond donors (Lipinski definition) is 2. The van der Waals surface area contributed by atoms with Crippen molar-refractivity contribution in [2.75, 3.05) is 13.2 Å². The van der Waals surface area contributed by atoms with Crippen LogP contribution in [0.5, 0.6) is 0 Å². The maximum atomic E-state index is 13.2. The van der Waals surface area contributed by atoms with Gasteiger partial charge in [-0.1, -0.05) is 28.1 Å². The molecule has 1 amide bonds. The average molecular weight is 444 g/mol. The van der Waals surface area contributed by atoms with Gasteiger partial charge in [0.05, 0.1) is 21.5 Å². The largest absolute Gasteiger partial charge is 0.381 e. The molecule has 0 spiro atoms. The normalized spacial score (nSPS) is 16.0. The zero-order chi connectivity index (χ0) is 19.7. The van der Waals surface area contributed by atoms with E-state index in [-0.39, 0.29) is 11.6 Å². The Morgan fingerprint density at radius 1 is 1.21 bits per heavy atom. The number of rotatable bonds is 4. The fourth-order valence-electron chi connectivity index (χ4n) is 3.69. The third-order valence-corrected chi connectivity index (χ3v) is 5.69. The van der Waals surface area contributed by atoms with Crippen LogP contribution in [0.3, 0.4) is 0 Å². The van der Waals surface area contributed by atoms with E-state index in [4.69, 9.17) is 4.74 Å². The smallest absolute Gasteiger partial charge is 0.271 e. The number of halogens is 1. The summed E-state index contributed by atoms with van der Waals surface area (Å²) in [5.74, 6) is -0.220. The van der Waals surface area contributed by atoms with Gasteiger partial charge in [0, 0.05) is 41.4 Å². The first-order valence-electron chi connectivity index (χ1n) is 8.90. The Morgan fingerprint density at radius 3 is 2.71 bits per heavy atom. The quantitative estimate of drug-likeness (QED) is 0.464. The molecule has 144 valence electrons. The van der Waals surface area contributed by atoms with Gasteiger partial charge < -0.3 is 15.0 Å². The molecule has 8 heteroatoms. The number of nitro benzene ring substituents is 1. The summed E-state index contributed by atoms with van der Waals surface area (Å²) >= 11 is 3.50. The Kier molecular flexibility index (Phi) is 4.91. The van der Waals surface area contributed by atoms with Gasteiger partial charge in [0.25, 0.3) is 11.6 Å². The summed E-state index contributed by atoms with van der Waals surface area (Å²) in [6, 6.07) is 12.4. The summed E-state index contributed by atoms with van der Waals surface area (Å²) in [5, 5.41) is 14.8. The lowest BCUT2D eigenvalue weighted by molar-refractivity contribution is -0.384. The summed E-state index contributed by atoms with van der Waals surface area (Å²) in [5.41, 5.74) is 1.50. The summed E-state index contributed by atoms with van der Waals surface area (Å²) in [4.78, 5) is 26.6. The number of carbonyl (C=O) groups is 1. The van der Waals surface area contributed by atoms with Crippen molar-refractivity contribution in [2.24, 2.45) is 0 Å². The molecule has 2 aromatic carbocycles. The molecule has 1 aliphatic heterocycles. The van der Waals surface area contributed by atoms with E-state index in [0.29, 0.717) is 42.5 Å². The highest BCUT2D eigenvalue weighted by atomic mass is 79.9. The van der Waals surface area contributed by atoms with Crippen molar-refractivity contribution in [2.45, 2.75) is 18.4 Å². The van der Waals surface area contributed by atoms with Crippen molar-refractivity contribution in [3.63, 3.8) is 0 Å². The Bertz CT molecular complexity index is 1060. The first-order valence-corrected chi connectivity index (χ1v) is 9.70. The maximum Gasteiger partial charge on any atom is 0.271 e. The number of benzene rings is 2. The van der Waals surface area contributed by atoms with Gasteiger partial charge in [-0.15, -0.1) is 0 Å². The van der Waals surface area contributed by atoms with Gasteiger partial charge >= 0.3 is 0 Å². The molecular weight excluding hydrogens is 426 g/mol. The van der Waals surface area contributed by atoms with Crippen molar-refractivity contribution < 1.29 is 14.5 Å². The summed E-state index contributed by atoms with van der Waals surface area (Å²) in [6.07, 6.45) is 2.93. The maximum absolute atomic E-state index is 13.2. The Balaban J connectivity index is 1.69. The second-order valence-electron chi connectivity index (χ2n) is 6.85. The number of non-ortho nitro benzene ring substituents is 1. The van der Waals surface area contributed by atoms with Crippen LogP contribution in [-0.2, 0) is 10.3 Å². The van der Waals surface area contributed by atoms with Crippen LogP contribution in [0.25, 0.3) is 10.9 Å². The monoisotopic (exact) mass is 443 g/mol. The lowest BCUT2D eigenvalue weighted by atomic mass is 9.82. The van der Waals surface area contributed by atoms with Crippen molar-refractivity contribution in [1.82, 2.24) is 10.3 Å². The van der Waals surface area contributed by atoms with Crippen LogP contribution in [0.15, 0.2) is 53.1 Å². The molecule has 0 bridgehead atoms. The first-order chi connectivity index (χ1) is 13.5. The number of ether oxygens (including phenoxy) is 1. The molecule has 0 atom stereocenters. The highest BCUT2D eigenvalue weighted by Crippen LogP contribution is 2.34. The number of aromatic amines is 1. The molecule has 4 rings (SSSR count). The van der Waals surface area contributed by atoms with E-state index >= 15 is 0 Å². The molecule has 0 saturated carbocycles. The lowest BCUT2D eigenvalue weighted by Crippen LogP contribution is -2.49. The van der Waals surface area contributed by atoms with Crippen LogP contribution in [0.1, 0.15) is 28.8 Å². The van der Waals surface area contributed by atoms with Gasteiger partial charge in [-0.2, -0.15) is 0 Å². The molecule has 1 fully saturated rings. The van der Waals surface area contributed by atoms with Crippen LogP contribution in [-0.4, -0.2) is 29.0 Å². The number of aromatic nitrogens is 1. The molecule has 1 aromatic heterocycles. The minimum atomic E-state index is -0.524. The Morgan fingerprint density at radius 2 is 2.00 bits per heavy atom. The number of nitro groups is 1. The molecule has 2 heterocycles. The van der Waals surface area contributed by atoms with Crippen LogP contribution < -0.4 is 5.32 Å². The van der Waals surface area contributed by atoms with Gasteiger partial charge in [-0.3, -0.25) is 14.9 Å². The summed E-state index contributed by atoms with van der Waals surface area (Å²) in [7, 11) is 0. The van der Waals surface area contributed by atoms with E-state index in [1.54, 1.807) is 12.3 Å². The van der Waals surface area contributed by atoms with Crippen molar-refractivity contribution in [3.8, 4) is 0 Å². The average Bonchev–Trinajstić information content (AvgIpc) is 3.12. The third kappa shape index (κ3) is 3.41. The minimum Gasteiger partial charge on any atom is -0.381 e. The number of hydrogen-bond acceptors (Lipinski definition) is 4. The number of carbonyl (C=O) groups excluding carboxylic acids is 1. The third-order valence-electron chi connectivity index (χ3n) is 5.20. The standard InChI is InChI=1S/C20H18BrN3O4/c21-14-3-1-2-13(10-14)20(6-8-28-9-7-20)23-19(25)17-12-22-18-11-15(24(26)27)4-5-16(17)18/h1-5,10-12,22H,6-9H2,(H,23,25). The van der Waals surface area contributed by atoms with Gasteiger partial charge in [0.15, 0.2) is 0 Å². The van der Waals surface area contributed by atoms with E-state index < -0.39 is 10.5 Å². The molecule has 1 aliphatic rings. The van der Waals surface area contributed by atoms with Crippen LogP contribution >= 0.6 is 15.9 Å². The fourth-order valence-corrected chi connectivity index (χ4v) is 4.09. The van der Waals surface area contributed by atoms with E-state index in [1.165, 1.54) is 12.1 Å². The highest BCUT2D eigenvalue weighted by Gasteiger charge is 2.36. The second-order valence-corrected chi connectivity index (χ2v) is 7.76. The number of H-pyrrole nitrogens is 1. The molecule has 28 heavy (non-hydrogen) atoms. The van der Waals surface area contributed by atoms with Crippen molar-refractivity contribution in [3.05, 3.63) is 74.4 Å². The number of amides is 1. The van der Waals surface area contributed by atoms with Gasteiger partial charge in [-0.25, -0.2) is 0 Å². The van der Waals surface area contributed by atoms with E-state index in [9.17, 15) is 14.9 Å². The SMILES string of the molecule is O=C(NC1(c2cccc(Br)c2)CCOCC1)c1c[nH]c2cc([N+](=O)[O-])ccc12. The molecule has 2 N–H and O–H groups in total. The van der Waals surface area contributed by atoms with Gasteiger partial charge in [0.1, 0.15) is 0 Å². The molecule has 3 aromatic rings. The minimum absolute atomic E-state index is 0.0173. The molecule has 0 aliphatic carbocycles. The zero-order valence-electron chi connectivity index (χ0n) is 14.9. The lowest BCUT2D eigenvalue weighted by Gasteiger charge is -2.38. The van der Waals surface area contributed by atoms with Gasteiger partial charge in [0.2, 0.25) is 0 Å². The number of nitrogens with one attached hydrogen (secondary N) is 2. The fraction of sp³-hybridized carbons (Fsp3) is 0.250. The van der Waals surface area contributed by atoms with E-state index in [1.807, 2.05) is 24.3 Å². The van der Waals surface area contributed by atoms with Gasteiger partial charge in [-0.05, 0) is 36.6 Å². The van der Waals surface area contributed by atoms with Crippen molar-refractivity contribution >= 4 is 38.4 Å². The molecule has 7 nitrogen and oxygen atoms in total. The highest BCUT2D eigenvalue weighted by molar-refractivity contribution is 9.10. The summed E-state index contributed by atoms with van der Waals surface area (Å²) < 4.78 is 6.47.